The van der Waals surface area contributed by atoms with Gasteiger partial charge in [0.15, 0.2) is 9.84 Å². The summed E-state index contributed by atoms with van der Waals surface area (Å²) in [6, 6.07) is 5.30. The number of amides is 1. The number of thiophene rings is 1. The number of β-amino-alcohol motifs (C(OH)–C–C–N with tert-alkyl or cyclic N) is 1. The molecule has 9 nitrogen and oxygen atoms in total. The van der Waals surface area contributed by atoms with Crippen LogP contribution in [0.2, 0.25) is 0 Å². The molecule has 0 atom stereocenters. The van der Waals surface area contributed by atoms with E-state index in [0.29, 0.717) is 25.2 Å². The van der Waals surface area contributed by atoms with Crippen molar-refractivity contribution < 1.29 is 31.5 Å². The number of benzene rings is 1. The first kappa shape index (κ1) is 30.6. The van der Waals surface area contributed by atoms with Crippen molar-refractivity contribution in [3.63, 3.8) is 0 Å². The van der Waals surface area contributed by atoms with Gasteiger partial charge >= 0.3 is 6.18 Å². The number of rotatable bonds is 7. The molecule has 14 heteroatoms. The van der Waals surface area contributed by atoms with E-state index >= 15 is 0 Å². The van der Waals surface area contributed by atoms with E-state index in [2.05, 4.69) is 26.3 Å². The Morgan fingerprint density at radius 2 is 1.84 bits per heavy atom. The first-order valence-corrected chi connectivity index (χ1v) is 17.6. The Morgan fingerprint density at radius 3 is 2.51 bits per heavy atom. The first-order valence-electron chi connectivity index (χ1n) is 15.2. The fraction of sp³-hybridized carbons (Fsp3) is 0.516. The number of aliphatic hydroxyl groups is 1. The van der Waals surface area contributed by atoms with Crippen LogP contribution in [0.4, 0.5) is 24.8 Å². The third-order valence-electron chi connectivity index (χ3n) is 8.74. The molecule has 3 aromatic rings. The molecule has 0 spiro atoms. The van der Waals surface area contributed by atoms with E-state index in [-0.39, 0.29) is 38.9 Å². The van der Waals surface area contributed by atoms with Crippen molar-refractivity contribution in [2.75, 3.05) is 30.7 Å². The molecule has 1 aromatic carbocycles. The molecule has 2 aromatic heterocycles. The van der Waals surface area contributed by atoms with Gasteiger partial charge < -0.3 is 15.3 Å². The highest BCUT2D eigenvalue weighted by molar-refractivity contribution is 7.91. The lowest BCUT2D eigenvalue weighted by molar-refractivity contribution is -0.137. The van der Waals surface area contributed by atoms with Crippen LogP contribution in [-0.4, -0.2) is 76.2 Å². The van der Waals surface area contributed by atoms with Crippen LogP contribution >= 0.6 is 11.3 Å². The van der Waals surface area contributed by atoms with Crippen LogP contribution in [0, 0.1) is 0 Å². The number of hydrogen-bond acceptors (Lipinski definition) is 9. The minimum absolute atomic E-state index is 0.0355. The van der Waals surface area contributed by atoms with E-state index in [9.17, 15) is 31.5 Å². The van der Waals surface area contributed by atoms with E-state index in [4.69, 9.17) is 0 Å². The highest BCUT2D eigenvalue weighted by atomic mass is 32.2. The number of nitrogens with zero attached hydrogens (tertiary/aromatic N) is 4. The molecule has 0 bridgehead atoms. The SMILES string of the molecule is CC(C)(O)CN1CCc2cc(Nc3ncc(C(F)(F)F)c(-c4cc5c(s4)C(=O)N(C4CC4)CCS5(=O)=O)n3)c(C3CC3)cc2C1. The van der Waals surface area contributed by atoms with Crippen molar-refractivity contribution in [1.29, 1.82) is 0 Å². The third kappa shape index (κ3) is 6.21. The van der Waals surface area contributed by atoms with E-state index in [1.54, 1.807) is 13.8 Å². The van der Waals surface area contributed by atoms with Crippen molar-refractivity contribution >= 4 is 38.7 Å². The number of alkyl halides is 3. The number of aromatic nitrogens is 2. The number of halogens is 3. The van der Waals surface area contributed by atoms with Crippen LogP contribution in [0.5, 0.6) is 0 Å². The quantitative estimate of drug-likeness (QED) is 0.348. The Balaban J connectivity index is 1.25. The zero-order valence-corrected chi connectivity index (χ0v) is 26.6. The Kier molecular flexibility index (Phi) is 7.30. The summed E-state index contributed by atoms with van der Waals surface area (Å²) in [6.07, 6.45) is 0.226. The standard InChI is InChI=1S/C31H34F3N5O4S2/c1-30(2,41)16-38-8-7-18-12-23(21(17-3-4-17)11-19(18)15-38)36-29-35-14-22(31(32,33)34)26(37-29)24-13-25-27(44-24)28(40)39(20-5-6-20)9-10-45(25,42)43/h11-14,17,20,41H,3-10,15-16H2,1-2H3,(H,35,36,37). The first-order chi connectivity index (χ1) is 21.2. The van der Waals surface area contributed by atoms with Crippen molar-refractivity contribution in [2.45, 2.75) is 81.1 Å². The zero-order valence-electron chi connectivity index (χ0n) is 24.9. The average Bonchev–Trinajstić information content (AvgIpc) is 3.89. The van der Waals surface area contributed by atoms with E-state index < -0.39 is 38.8 Å². The number of carbonyl (C=O) groups is 1. The molecule has 2 aliphatic heterocycles. The maximum absolute atomic E-state index is 14.2. The van der Waals surface area contributed by atoms with Crippen LogP contribution in [0.1, 0.15) is 77.4 Å². The predicted molar refractivity (Wildman–Crippen MR) is 163 cm³/mol. The molecule has 45 heavy (non-hydrogen) atoms. The number of carbonyl (C=O) groups excluding carboxylic acids is 1. The molecular weight excluding hydrogens is 628 g/mol. The van der Waals surface area contributed by atoms with Gasteiger partial charge in [0.05, 0.1) is 26.8 Å². The van der Waals surface area contributed by atoms with Crippen LogP contribution in [0.15, 0.2) is 29.3 Å². The lowest BCUT2D eigenvalue weighted by atomic mass is 9.93. The molecule has 2 N–H and O–H groups in total. The molecule has 2 aliphatic carbocycles. The topological polar surface area (TPSA) is 116 Å². The minimum Gasteiger partial charge on any atom is -0.389 e. The summed E-state index contributed by atoms with van der Waals surface area (Å²) in [5.41, 5.74) is 1.68. The summed E-state index contributed by atoms with van der Waals surface area (Å²) >= 11 is 0.736. The fourth-order valence-electron chi connectivity index (χ4n) is 6.33. The lowest BCUT2D eigenvalue weighted by Crippen LogP contribution is -2.41. The molecule has 0 radical (unpaired) electrons. The molecule has 2 saturated carbocycles. The van der Waals surface area contributed by atoms with Gasteiger partial charge in [-0.15, -0.1) is 11.3 Å². The van der Waals surface area contributed by atoms with Gasteiger partial charge in [-0.25, -0.2) is 18.4 Å². The molecular formula is C31H34F3N5O4S2. The molecule has 4 heterocycles. The lowest BCUT2D eigenvalue weighted by Gasteiger charge is -2.33. The van der Waals surface area contributed by atoms with Gasteiger partial charge in [0.2, 0.25) is 5.95 Å². The van der Waals surface area contributed by atoms with Crippen molar-refractivity contribution in [1.82, 2.24) is 19.8 Å². The van der Waals surface area contributed by atoms with Crippen LogP contribution in [0.3, 0.4) is 0 Å². The van der Waals surface area contributed by atoms with Gasteiger partial charge in [-0.05, 0) is 80.7 Å². The summed E-state index contributed by atoms with van der Waals surface area (Å²) in [6.45, 7) is 5.66. The second kappa shape index (κ2) is 10.7. The molecule has 0 saturated heterocycles. The summed E-state index contributed by atoms with van der Waals surface area (Å²) in [4.78, 5) is 25.1. The second-order valence-electron chi connectivity index (χ2n) is 13.2. The van der Waals surface area contributed by atoms with Crippen molar-refractivity contribution in [2.24, 2.45) is 0 Å². The van der Waals surface area contributed by atoms with Gasteiger partial charge in [0, 0.05) is 44.1 Å². The fourth-order valence-corrected chi connectivity index (χ4v) is 9.25. The van der Waals surface area contributed by atoms with Gasteiger partial charge in [0.1, 0.15) is 10.4 Å². The summed E-state index contributed by atoms with van der Waals surface area (Å²) in [5, 5.41) is 13.5. The molecule has 0 unspecified atom stereocenters. The minimum atomic E-state index is -4.81. The van der Waals surface area contributed by atoms with Crippen LogP contribution in [0.25, 0.3) is 10.6 Å². The highest BCUT2D eigenvalue weighted by Gasteiger charge is 2.42. The van der Waals surface area contributed by atoms with Crippen molar-refractivity contribution in [3.8, 4) is 10.6 Å². The maximum atomic E-state index is 14.2. The molecule has 2 fully saturated rings. The number of fused-ring (bicyclic) bond motifs is 2. The van der Waals surface area contributed by atoms with Gasteiger partial charge in [-0.3, -0.25) is 9.69 Å². The van der Waals surface area contributed by atoms with E-state index in [1.165, 1.54) is 11.0 Å². The second-order valence-corrected chi connectivity index (χ2v) is 16.3. The number of nitrogens with one attached hydrogen (secondary N) is 1. The maximum Gasteiger partial charge on any atom is 0.420 e. The van der Waals surface area contributed by atoms with Crippen LogP contribution in [-0.2, 0) is 29.0 Å². The van der Waals surface area contributed by atoms with E-state index in [1.807, 2.05) is 6.07 Å². The largest absolute Gasteiger partial charge is 0.420 e. The molecule has 4 aliphatic rings. The van der Waals surface area contributed by atoms with Crippen LogP contribution < -0.4 is 5.32 Å². The Labute approximate surface area is 263 Å². The number of sulfone groups is 1. The van der Waals surface area contributed by atoms with E-state index in [0.717, 1.165) is 72.4 Å². The number of hydrogen-bond donors (Lipinski definition) is 2. The Bertz CT molecular complexity index is 1790. The monoisotopic (exact) mass is 661 g/mol. The summed E-state index contributed by atoms with van der Waals surface area (Å²) in [7, 11) is -3.89. The third-order valence-corrected chi connectivity index (χ3v) is 11.7. The molecule has 7 rings (SSSR count). The normalized spacial score (nSPS) is 20.5. The summed E-state index contributed by atoms with van der Waals surface area (Å²) in [5.74, 6) is -0.472. The summed E-state index contributed by atoms with van der Waals surface area (Å²) < 4.78 is 69.0. The Hall–Kier alpha value is -3.07. The highest BCUT2D eigenvalue weighted by Crippen LogP contribution is 2.46. The van der Waals surface area contributed by atoms with Crippen molar-refractivity contribution in [3.05, 3.63) is 51.5 Å². The zero-order chi connectivity index (χ0) is 31.9. The predicted octanol–water partition coefficient (Wildman–Crippen LogP) is 5.37. The van der Waals surface area contributed by atoms with Gasteiger partial charge in [-0.1, -0.05) is 6.07 Å². The van der Waals surface area contributed by atoms with Gasteiger partial charge in [-0.2, -0.15) is 13.2 Å². The average molecular weight is 662 g/mol. The molecule has 1 amide bonds. The smallest absolute Gasteiger partial charge is 0.389 e. The molecule has 240 valence electrons. The Morgan fingerprint density at radius 1 is 1.09 bits per heavy atom. The number of anilines is 2. The van der Waals surface area contributed by atoms with Gasteiger partial charge in [0.25, 0.3) is 5.91 Å².